The first kappa shape index (κ1) is 13.2. The average Bonchev–Trinajstić information content (AvgIpc) is 2.01. The SMILES string of the molecule is CS(=O)(=O)c1ccc(NN)cc1F.Cl. The number of anilines is 1. The van der Waals surface area contributed by atoms with E-state index in [1.54, 1.807) is 0 Å². The molecule has 1 rings (SSSR count). The Morgan fingerprint density at radius 3 is 2.36 bits per heavy atom. The molecule has 0 aliphatic carbocycles. The maximum absolute atomic E-state index is 13.1. The van der Waals surface area contributed by atoms with Crippen molar-refractivity contribution in [2.45, 2.75) is 4.90 Å². The van der Waals surface area contributed by atoms with Crippen molar-refractivity contribution in [3.05, 3.63) is 24.0 Å². The summed E-state index contributed by atoms with van der Waals surface area (Å²) >= 11 is 0. The zero-order chi connectivity index (χ0) is 10.1. The molecule has 0 amide bonds. The smallest absolute Gasteiger partial charge is 0.178 e. The predicted octanol–water partition coefficient (Wildman–Crippen LogP) is 0.937. The van der Waals surface area contributed by atoms with Crippen LogP contribution in [0.1, 0.15) is 0 Å². The summed E-state index contributed by atoms with van der Waals surface area (Å²) in [5, 5.41) is 0. The molecule has 0 heterocycles. The molecule has 0 fully saturated rings. The standard InChI is InChI=1S/C7H9FN2O2S.ClH/c1-13(11,12)7-3-2-5(10-9)4-6(7)8;/h2-4,10H,9H2,1H3;1H. The van der Waals surface area contributed by atoms with Crippen LogP contribution in [0.25, 0.3) is 0 Å². The van der Waals surface area contributed by atoms with Crippen molar-refractivity contribution in [3.63, 3.8) is 0 Å². The van der Waals surface area contributed by atoms with E-state index in [0.29, 0.717) is 5.69 Å². The van der Waals surface area contributed by atoms with Gasteiger partial charge in [-0.2, -0.15) is 0 Å². The van der Waals surface area contributed by atoms with Gasteiger partial charge in [0.2, 0.25) is 0 Å². The van der Waals surface area contributed by atoms with Crippen LogP contribution in [0.5, 0.6) is 0 Å². The van der Waals surface area contributed by atoms with Gasteiger partial charge in [-0.1, -0.05) is 0 Å². The van der Waals surface area contributed by atoms with Gasteiger partial charge in [0.15, 0.2) is 9.84 Å². The molecule has 0 saturated carbocycles. The van der Waals surface area contributed by atoms with E-state index >= 15 is 0 Å². The Hall–Kier alpha value is -0.850. The molecule has 0 aliphatic heterocycles. The molecule has 0 saturated heterocycles. The largest absolute Gasteiger partial charge is 0.324 e. The van der Waals surface area contributed by atoms with Gasteiger partial charge >= 0.3 is 0 Å². The summed E-state index contributed by atoms with van der Waals surface area (Å²) in [6.45, 7) is 0. The van der Waals surface area contributed by atoms with Crippen molar-refractivity contribution in [3.8, 4) is 0 Å². The second kappa shape index (κ2) is 4.59. The number of hydrazine groups is 1. The van der Waals surface area contributed by atoms with Crippen LogP contribution >= 0.6 is 12.4 Å². The van der Waals surface area contributed by atoms with E-state index in [-0.39, 0.29) is 17.3 Å². The van der Waals surface area contributed by atoms with Gasteiger partial charge in [0, 0.05) is 6.26 Å². The zero-order valence-corrected chi connectivity index (χ0v) is 8.95. The summed E-state index contributed by atoms with van der Waals surface area (Å²) in [5.41, 5.74) is 2.54. The lowest BCUT2D eigenvalue weighted by Crippen LogP contribution is -2.08. The maximum Gasteiger partial charge on any atom is 0.178 e. The van der Waals surface area contributed by atoms with Gasteiger partial charge in [-0.3, -0.25) is 5.84 Å². The normalized spacial score (nSPS) is 10.5. The molecular weight excluding hydrogens is 231 g/mol. The fraction of sp³-hybridized carbons (Fsp3) is 0.143. The van der Waals surface area contributed by atoms with Gasteiger partial charge in [-0.05, 0) is 18.2 Å². The number of hydrogen-bond donors (Lipinski definition) is 2. The summed E-state index contributed by atoms with van der Waals surface area (Å²) in [6, 6.07) is 3.58. The zero-order valence-electron chi connectivity index (χ0n) is 7.32. The number of sulfone groups is 1. The Bertz CT molecular complexity index is 422. The molecule has 7 heteroatoms. The summed E-state index contributed by atoms with van der Waals surface area (Å²) in [6.07, 6.45) is 0.945. The Labute approximate surface area is 87.6 Å². The van der Waals surface area contributed by atoms with Crippen LogP contribution < -0.4 is 11.3 Å². The average molecular weight is 241 g/mol. The van der Waals surface area contributed by atoms with Gasteiger partial charge in [-0.25, -0.2) is 12.8 Å². The summed E-state index contributed by atoms with van der Waals surface area (Å²) < 4.78 is 35.0. The molecule has 1 aromatic carbocycles. The molecule has 0 atom stereocenters. The van der Waals surface area contributed by atoms with Crippen molar-refractivity contribution in [1.82, 2.24) is 0 Å². The van der Waals surface area contributed by atoms with Gasteiger partial charge in [0.05, 0.1) is 5.69 Å². The lowest BCUT2D eigenvalue weighted by molar-refractivity contribution is 0.571. The first-order valence-corrected chi connectivity index (χ1v) is 5.30. The number of benzene rings is 1. The van der Waals surface area contributed by atoms with E-state index < -0.39 is 15.7 Å². The van der Waals surface area contributed by atoms with Gasteiger partial charge in [-0.15, -0.1) is 12.4 Å². The fourth-order valence-corrected chi connectivity index (χ4v) is 1.62. The minimum absolute atomic E-state index is 0. The number of nitrogens with one attached hydrogen (secondary N) is 1. The highest BCUT2D eigenvalue weighted by molar-refractivity contribution is 7.90. The first-order chi connectivity index (χ1) is 5.95. The quantitative estimate of drug-likeness (QED) is 0.596. The van der Waals surface area contributed by atoms with Gasteiger partial charge in [0.1, 0.15) is 10.7 Å². The monoisotopic (exact) mass is 240 g/mol. The third-order valence-corrected chi connectivity index (χ3v) is 2.63. The number of rotatable bonds is 2. The van der Waals surface area contributed by atoms with E-state index in [0.717, 1.165) is 12.3 Å². The Kier molecular flexibility index (Phi) is 4.31. The minimum Gasteiger partial charge on any atom is -0.324 e. The molecule has 1 aromatic rings. The highest BCUT2D eigenvalue weighted by Crippen LogP contribution is 2.17. The number of nitrogens with two attached hydrogens (primary N) is 1. The Morgan fingerprint density at radius 1 is 1.43 bits per heavy atom. The van der Waals surface area contributed by atoms with Crippen LogP contribution in [0.3, 0.4) is 0 Å². The molecule has 4 nitrogen and oxygen atoms in total. The fourth-order valence-electron chi connectivity index (χ4n) is 0.891. The lowest BCUT2D eigenvalue weighted by Gasteiger charge is -2.03. The van der Waals surface area contributed by atoms with E-state index in [4.69, 9.17) is 5.84 Å². The van der Waals surface area contributed by atoms with Crippen molar-refractivity contribution in [2.75, 3.05) is 11.7 Å². The van der Waals surface area contributed by atoms with E-state index in [9.17, 15) is 12.8 Å². The molecule has 3 N–H and O–H groups in total. The molecule has 14 heavy (non-hydrogen) atoms. The number of hydrogen-bond acceptors (Lipinski definition) is 4. The number of nitrogen functional groups attached to an aromatic ring is 1. The maximum atomic E-state index is 13.1. The van der Waals surface area contributed by atoms with E-state index in [1.165, 1.54) is 12.1 Å². The van der Waals surface area contributed by atoms with Crippen LogP contribution in [0.15, 0.2) is 23.1 Å². The highest BCUT2D eigenvalue weighted by Gasteiger charge is 2.13. The molecular formula is C7H10ClFN2O2S. The van der Waals surface area contributed by atoms with Crippen LogP contribution in [0.4, 0.5) is 10.1 Å². The van der Waals surface area contributed by atoms with Crippen LogP contribution in [-0.2, 0) is 9.84 Å². The molecule has 0 unspecified atom stereocenters. The summed E-state index contributed by atoms with van der Waals surface area (Å²) in [4.78, 5) is -0.327. The molecule has 0 spiro atoms. The summed E-state index contributed by atoms with van der Waals surface area (Å²) in [5.74, 6) is 4.20. The predicted molar refractivity (Wildman–Crippen MR) is 54.6 cm³/mol. The third kappa shape index (κ3) is 2.83. The molecule has 0 bridgehead atoms. The van der Waals surface area contributed by atoms with Crippen LogP contribution in [-0.4, -0.2) is 14.7 Å². The van der Waals surface area contributed by atoms with E-state index in [1.807, 2.05) is 0 Å². The van der Waals surface area contributed by atoms with Crippen molar-refractivity contribution >= 4 is 27.9 Å². The molecule has 0 radical (unpaired) electrons. The third-order valence-electron chi connectivity index (χ3n) is 1.50. The topological polar surface area (TPSA) is 72.2 Å². The Morgan fingerprint density at radius 2 is 2.00 bits per heavy atom. The number of halogens is 2. The molecule has 0 aliphatic rings. The van der Waals surface area contributed by atoms with Crippen LogP contribution in [0.2, 0.25) is 0 Å². The van der Waals surface area contributed by atoms with Gasteiger partial charge < -0.3 is 5.43 Å². The summed E-state index contributed by atoms with van der Waals surface area (Å²) in [7, 11) is -3.50. The lowest BCUT2D eigenvalue weighted by atomic mass is 10.3. The second-order valence-corrected chi connectivity index (χ2v) is 4.55. The van der Waals surface area contributed by atoms with Crippen molar-refractivity contribution in [2.24, 2.45) is 5.84 Å². The first-order valence-electron chi connectivity index (χ1n) is 3.41. The van der Waals surface area contributed by atoms with E-state index in [2.05, 4.69) is 5.43 Å². The minimum atomic E-state index is -3.50. The molecule has 80 valence electrons. The highest BCUT2D eigenvalue weighted by atomic mass is 35.5. The Balaban J connectivity index is 0.00000169. The second-order valence-electron chi connectivity index (χ2n) is 2.56. The van der Waals surface area contributed by atoms with Crippen molar-refractivity contribution < 1.29 is 12.8 Å². The van der Waals surface area contributed by atoms with Crippen molar-refractivity contribution in [1.29, 1.82) is 0 Å². The van der Waals surface area contributed by atoms with Crippen LogP contribution in [0, 0.1) is 5.82 Å². The molecule has 0 aromatic heterocycles. The van der Waals surface area contributed by atoms with Gasteiger partial charge in [0.25, 0.3) is 0 Å².